The number of rotatable bonds is 1. The second kappa shape index (κ2) is 7.57. The monoisotopic (exact) mass is 265 g/mol. The molecule has 0 amide bonds. The van der Waals surface area contributed by atoms with Crippen LogP contribution in [0.2, 0.25) is 0 Å². The molecule has 0 aromatic heterocycles. The number of hydrogen-bond donors (Lipinski definition) is 1. The van der Waals surface area contributed by atoms with Crippen LogP contribution in [0, 0.1) is 11.5 Å². The molecule has 0 radical (unpaired) electrons. The molecule has 0 unspecified atom stereocenters. The topological polar surface area (TPSA) is 87.4 Å². The van der Waals surface area contributed by atoms with Crippen LogP contribution in [-0.2, 0) is 34.1 Å². The minimum absolute atomic E-state index is 0. The van der Waals surface area contributed by atoms with Crippen LogP contribution in [-0.4, -0.2) is 64.4 Å². The van der Waals surface area contributed by atoms with Gasteiger partial charge in [-0.3, -0.25) is 8.74 Å². The molecule has 8 heteroatoms. The molecule has 0 bridgehead atoms. The van der Waals surface area contributed by atoms with Crippen LogP contribution in [0.1, 0.15) is 0 Å². The van der Waals surface area contributed by atoms with E-state index in [0.717, 1.165) is 6.26 Å². The van der Waals surface area contributed by atoms with Crippen molar-refractivity contribution in [3.8, 4) is 6.26 Å². The summed E-state index contributed by atoms with van der Waals surface area (Å²) >= 11 is 0. The molecule has 0 aliphatic rings. The van der Waals surface area contributed by atoms with Crippen molar-refractivity contribution in [3.05, 3.63) is 0 Å². The largest absolute Gasteiger partial charge is 0 e. The van der Waals surface area contributed by atoms with E-state index in [1.807, 2.05) is 0 Å². The Kier molecular flexibility index (Phi) is 14.1. The van der Waals surface area contributed by atoms with Gasteiger partial charge < -0.3 is 0 Å². The standard InChI is InChI=1S/CHNO4S.K.Ru.H/c2-1-6-7(3,4)5;;;/h(H,3,4,5);;;. The summed E-state index contributed by atoms with van der Waals surface area (Å²) in [5.74, 6) is 0. The van der Waals surface area contributed by atoms with Crippen LogP contribution in [0.5, 0.6) is 0 Å². The summed E-state index contributed by atoms with van der Waals surface area (Å²) in [7, 11) is -4.54. The van der Waals surface area contributed by atoms with Crippen LogP contribution in [0.15, 0.2) is 0 Å². The van der Waals surface area contributed by atoms with Crippen molar-refractivity contribution in [1.29, 1.82) is 5.26 Å². The molecule has 0 fully saturated rings. The van der Waals surface area contributed by atoms with Gasteiger partial charge in [0.15, 0.2) is 0 Å². The van der Waals surface area contributed by atoms with Crippen LogP contribution in [0.4, 0.5) is 0 Å². The van der Waals surface area contributed by atoms with E-state index in [1.165, 1.54) is 0 Å². The normalized spacial score (nSPS) is 7.56. The fraction of sp³-hybridized carbons (Fsp3) is 0. The van der Waals surface area contributed by atoms with Crippen molar-refractivity contribution in [2.75, 3.05) is 0 Å². The first-order chi connectivity index (χ1) is 3.06. The van der Waals surface area contributed by atoms with Gasteiger partial charge in [-0.05, 0) is 0 Å². The summed E-state index contributed by atoms with van der Waals surface area (Å²) in [4.78, 5) is 0. The van der Waals surface area contributed by atoms with Gasteiger partial charge in [0.25, 0.3) is 0 Å². The van der Waals surface area contributed by atoms with Gasteiger partial charge in [0.1, 0.15) is 0 Å². The average molecular weight is 264 g/mol. The molecule has 0 saturated carbocycles. The zero-order valence-corrected chi connectivity index (χ0v) is 5.94. The molecule has 0 aliphatic heterocycles. The molecule has 0 atom stereocenters. The Balaban J connectivity index is -0.000000180. The van der Waals surface area contributed by atoms with Crippen LogP contribution in [0.25, 0.3) is 0 Å². The van der Waals surface area contributed by atoms with Gasteiger partial charge in [-0.25, -0.2) is 0 Å². The molecule has 0 aromatic rings. The molecule has 9 heavy (non-hydrogen) atoms. The first-order valence-corrected chi connectivity index (χ1v) is 2.48. The van der Waals surface area contributed by atoms with E-state index in [9.17, 15) is 8.42 Å². The second-order valence-electron chi connectivity index (χ2n) is 0.602. The number of hydrogen-bond acceptors (Lipinski definition) is 4. The minimum atomic E-state index is -4.54. The summed E-state index contributed by atoms with van der Waals surface area (Å²) in [5.41, 5.74) is 0. The summed E-state index contributed by atoms with van der Waals surface area (Å²) in [6.45, 7) is 0. The summed E-state index contributed by atoms with van der Waals surface area (Å²) in [5, 5.41) is 7.39. The number of nitrogens with zero attached hydrogens (tertiary/aromatic N) is 1. The third-order valence-corrected chi connectivity index (χ3v) is 0.428. The van der Waals surface area contributed by atoms with E-state index in [0.29, 0.717) is 0 Å². The van der Waals surface area contributed by atoms with Gasteiger partial charge >= 0.3 is 68.0 Å². The van der Waals surface area contributed by atoms with Crippen molar-refractivity contribution in [3.63, 3.8) is 0 Å². The summed E-state index contributed by atoms with van der Waals surface area (Å²) in [6.07, 6.45) is 0.770. The van der Waals surface area contributed by atoms with Gasteiger partial charge in [-0.2, -0.15) is 8.42 Å². The molecule has 0 aromatic carbocycles. The van der Waals surface area contributed by atoms with Gasteiger partial charge in [-0.1, -0.05) is 0 Å². The van der Waals surface area contributed by atoms with E-state index in [-0.39, 0.29) is 70.9 Å². The first kappa shape index (κ1) is 16.8. The van der Waals surface area contributed by atoms with E-state index >= 15 is 0 Å². The van der Waals surface area contributed by atoms with Crippen molar-refractivity contribution in [1.82, 2.24) is 0 Å². The molecule has 1 N–H and O–H groups in total. The predicted molar refractivity (Wildman–Crippen MR) is 25.4 cm³/mol. The van der Waals surface area contributed by atoms with Gasteiger partial charge in [-0.15, -0.1) is 5.26 Å². The molecule has 0 saturated heterocycles. The van der Waals surface area contributed by atoms with E-state index in [2.05, 4.69) is 4.18 Å². The second-order valence-corrected chi connectivity index (χ2v) is 1.62. The summed E-state index contributed by atoms with van der Waals surface area (Å²) < 4.78 is 29.3. The summed E-state index contributed by atoms with van der Waals surface area (Å²) in [6, 6.07) is 0. The third-order valence-electron chi connectivity index (χ3n) is 0.143. The Morgan fingerprint density at radius 1 is 1.56 bits per heavy atom. The van der Waals surface area contributed by atoms with Gasteiger partial charge in [0.2, 0.25) is 0 Å². The Bertz CT molecular complexity index is 181. The van der Waals surface area contributed by atoms with E-state index in [4.69, 9.17) is 9.81 Å². The molecule has 0 aliphatic carbocycles. The number of nitriles is 1. The van der Waals surface area contributed by atoms with Crippen molar-refractivity contribution >= 4 is 61.8 Å². The van der Waals surface area contributed by atoms with Gasteiger partial charge in [0.05, 0.1) is 0 Å². The molecule has 50 valence electrons. The van der Waals surface area contributed by atoms with Crippen molar-refractivity contribution in [2.45, 2.75) is 0 Å². The average Bonchev–Trinajstić information content (AvgIpc) is 1.30. The maximum atomic E-state index is 9.34. The first-order valence-electron chi connectivity index (χ1n) is 1.11. The zero-order valence-electron chi connectivity index (χ0n) is 3.38. The maximum Gasteiger partial charge on any atom is 0 e. The molecule has 0 heterocycles. The Morgan fingerprint density at radius 3 is 1.89 bits per heavy atom. The van der Waals surface area contributed by atoms with Crippen LogP contribution in [0.3, 0.4) is 0 Å². The SMILES string of the molecule is N#COS(=O)(=O)O.[KH].[Ru]. The van der Waals surface area contributed by atoms with E-state index in [1.54, 1.807) is 0 Å². The quantitative estimate of drug-likeness (QED) is 0.359. The Labute approximate surface area is 108 Å². The smallest absolute Gasteiger partial charge is 0 e. The Morgan fingerprint density at radius 2 is 1.89 bits per heavy atom. The fourth-order valence-corrected chi connectivity index (χ4v) is 0.141. The molecule has 0 rings (SSSR count). The minimum Gasteiger partial charge on any atom is 0 e. The van der Waals surface area contributed by atoms with Crippen LogP contribution < -0.4 is 0 Å². The Hall–Kier alpha value is 1.46. The predicted octanol–water partition coefficient (Wildman–Crippen LogP) is -1.36. The molecule has 5 nitrogen and oxygen atoms in total. The maximum absolute atomic E-state index is 9.34. The van der Waals surface area contributed by atoms with E-state index < -0.39 is 10.4 Å². The fourth-order valence-electron chi connectivity index (χ4n) is 0.0471. The van der Waals surface area contributed by atoms with Crippen molar-refractivity contribution in [2.24, 2.45) is 0 Å². The molecular weight excluding hydrogens is 262 g/mol. The third kappa shape index (κ3) is 17.7. The van der Waals surface area contributed by atoms with Crippen LogP contribution >= 0.6 is 0 Å². The zero-order chi connectivity index (χ0) is 5.91. The molecule has 0 spiro atoms. The molecular formula is CH2KNO4RuS. The van der Waals surface area contributed by atoms with Crippen molar-refractivity contribution < 1.29 is 36.6 Å². The van der Waals surface area contributed by atoms with Gasteiger partial charge in [0, 0.05) is 19.5 Å².